The molecule has 0 heterocycles. The second-order valence-electron chi connectivity index (χ2n) is 26.4. The van der Waals surface area contributed by atoms with Crippen LogP contribution in [0.25, 0.3) is 6.08 Å². The molecule has 0 aliphatic rings. The number of ether oxygens (including phenoxy) is 4. The summed E-state index contributed by atoms with van der Waals surface area (Å²) in [4.78, 5) is 0. The van der Waals surface area contributed by atoms with E-state index in [1.54, 1.807) is 0 Å². The maximum Gasteiger partial charge on any atom is 0.136 e. The van der Waals surface area contributed by atoms with Crippen molar-refractivity contribution in [1.82, 2.24) is 0 Å². The first-order valence-electron chi connectivity index (χ1n) is 38.6. The van der Waals surface area contributed by atoms with E-state index >= 15 is 0 Å². The summed E-state index contributed by atoms with van der Waals surface area (Å²) >= 11 is 0. The number of unbranched alkanes of at least 4 members (excludes halogenated alkanes) is 52. The third-order valence-corrected chi connectivity index (χ3v) is 18.1. The maximum absolute atomic E-state index is 6.57. The minimum absolute atomic E-state index is 0.634. The molecule has 0 saturated carbocycles. The van der Waals surface area contributed by atoms with Crippen LogP contribution in [-0.2, 0) is 0 Å². The highest BCUT2D eigenvalue weighted by atomic mass is 16.5. The minimum Gasteiger partial charge on any atom is -0.493 e. The van der Waals surface area contributed by atoms with Gasteiger partial charge >= 0.3 is 0 Å². The minimum atomic E-state index is 0.634. The van der Waals surface area contributed by atoms with E-state index in [1.165, 1.54) is 327 Å². The highest BCUT2D eigenvalue weighted by Gasteiger charge is 2.13. The molecule has 0 aromatic heterocycles. The normalized spacial score (nSPS) is 11.2. The quantitative estimate of drug-likeness (QED) is 0.0489. The topological polar surface area (TPSA) is 36.9 Å². The van der Waals surface area contributed by atoms with E-state index in [0.717, 1.165) is 71.6 Å². The second kappa shape index (κ2) is 63.2. The van der Waals surface area contributed by atoms with Gasteiger partial charge in [0.05, 0.1) is 43.1 Å². The van der Waals surface area contributed by atoms with Crippen molar-refractivity contribution in [3.63, 3.8) is 0 Å². The zero-order valence-electron chi connectivity index (χ0n) is 58.7. The molecule has 4 nitrogen and oxygen atoms in total. The van der Waals surface area contributed by atoms with E-state index in [9.17, 15) is 0 Å². The van der Waals surface area contributed by atoms with E-state index in [4.69, 9.17) is 31.8 Å². The van der Waals surface area contributed by atoms with Gasteiger partial charge in [0.1, 0.15) is 23.0 Å². The second-order valence-corrected chi connectivity index (χ2v) is 26.4. The van der Waals surface area contributed by atoms with Crippen LogP contribution in [0.15, 0.2) is 30.3 Å². The Labute approximate surface area is 548 Å². The first kappa shape index (κ1) is 80.2. The third-order valence-electron chi connectivity index (χ3n) is 18.1. The molecule has 2 aromatic carbocycles. The van der Waals surface area contributed by atoms with Gasteiger partial charge in [-0.25, -0.2) is 0 Å². The van der Waals surface area contributed by atoms with Crippen LogP contribution in [-0.4, -0.2) is 26.4 Å². The number of benzene rings is 2. The van der Waals surface area contributed by atoms with Gasteiger partial charge in [0, 0.05) is 23.8 Å². The summed E-state index contributed by atoms with van der Waals surface area (Å²) in [7, 11) is 0. The van der Waals surface area contributed by atoms with Crippen LogP contribution in [0, 0.1) is 36.5 Å². The molecule has 2 aromatic rings. The number of hydrogen-bond donors (Lipinski definition) is 0. The molecule has 0 radical (unpaired) electrons. The van der Waals surface area contributed by atoms with Crippen LogP contribution in [0.2, 0.25) is 0 Å². The van der Waals surface area contributed by atoms with Gasteiger partial charge in [0.15, 0.2) is 0 Å². The maximum atomic E-state index is 6.57. The zero-order chi connectivity index (χ0) is 62.9. The molecule has 0 saturated heterocycles. The lowest BCUT2D eigenvalue weighted by atomic mass is 10.0. The first-order valence-corrected chi connectivity index (χ1v) is 38.6. The SMILES string of the molecule is C#Cc1cc(OCCCCCCCCCCCCCCCC)c(C#C/C=C/c2cc(OCCCCCCCCCCCCCCCC)c(C#C)cc2OCCCCCCCCCCCCCCCC)cc1OCCCCCCCCCCCCCCCC. The van der Waals surface area contributed by atoms with Gasteiger partial charge in [-0.3, -0.25) is 0 Å². The molecule has 0 fully saturated rings. The molecule has 0 bridgehead atoms. The van der Waals surface area contributed by atoms with E-state index in [1.807, 2.05) is 30.4 Å². The van der Waals surface area contributed by atoms with Crippen LogP contribution in [0.5, 0.6) is 23.0 Å². The molecule has 0 spiro atoms. The molecule has 2 rings (SSSR count). The van der Waals surface area contributed by atoms with Gasteiger partial charge in [0.25, 0.3) is 0 Å². The third kappa shape index (κ3) is 47.0. The molecular weight excluding hydrogens is 1070 g/mol. The standard InChI is InChI=1S/C84H140O4/c1-7-13-17-21-25-29-33-37-41-45-49-53-57-63-69-85-81-75-79(83(73-77(81)11-5)87-71-65-59-55-51-47-43-39-35-31-27-23-19-15-9-3)67-61-62-68-80-76-82(86-70-64-58-54-50-46-42-38-34-30-26-22-18-14-8-2)78(12-6)74-84(80)88-72-66-60-56-52-48-44-40-36-32-28-24-20-16-10-4/h5-6,61,67,73-76H,7-10,13-60,63-66,69-72H2,1-4H3/b67-61+. The highest BCUT2D eigenvalue weighted by Crippen LogP contribution is 2.32. The van der Waals surface area contributed by atoms with Crippen molar-refractivity contribution in [2.45, 2.75) is 387 Å². The fourth-order valence-corrected chi connectivity index (χ4v) is 12.2. The van der Waals surface area contributed by atoms with E-state index in [-0.39, 0.29) is 0 Å². The summed E-state index contributed by atoms with van der Waals surface area (Å²) in [6.07, 6.45) is 90.7. The lowest BCUT2D eigenvalue weighted by Gasteiger charge is -2.14. The fraction of sp³-hybridized carbons (Fsp3) is 0.762. The average molecular weight is 1210 g/mol. The molecule has 0 aliphatic heterocycles. The van der Waals surface area contributed by atoms with Crippen LogP contribution in [0.4, 0.5) is 0 Å². The smallest absolute Gasteiger partial charge is 0.136 e. The summed E-state index contributed by atoms with van der Waals surface area (Å²) in [5.41, 5.74) is 3.17. The number of hydrogen-bond acceptors (Lipinski definition) is 4. The van der Waals surface area contributed by atoms with Crippen molar-refractivity contribution in [3.8, 4) is 59.5 Å². The van der Waals surface area contributed by atoms with Crippen LogP contribution < -0.4 is 18.9 Å². The molecular formula is C84H140O4. The molecule has 0 N–H and O–H groups in total. The van der Waals surface area contributed by atoms with E-state index < -0.39 is 0 Å². The van der Waals surface area contributed by atoms with Crippen molar-refractivity contribution in [3.05, 3.63) is 52.6 Å². The van der Waals surface area contributed by atoms with Crippen LogP contribution in [0.1, 0.15) is 410 Å². The Balaban J connectivity index is 2.13. The molecule has 4 heteroatoms. The summed E-state index contributed by atoms with van der Waals surface area (Å²) in [5, 5.41) is 0. The molecule has 0 amide bonds. The van der Waals surface area contributed by atoms with Gasteiger partial charge in [-0.05, 0) is 43.9 Å². The molecule has 0 aliphatic carbocycles. The number of rotatable bonds is 65. The van der Waals surface area contributed by atoms with E-state index in [2.05, 4.69) is 57.4 Å². The Morgan fingerprint density at radius 3 is 0.727 bits per heavy atom. The van der Waals surface area contributed by atoms with Gasteiger partial charge in [-0.1, -0.05) is 385 Å². The van der Waals surface area contributed by atoms with Crippen molar-refractivity contribution in [1.29, 1.82) is 0 Å². The van der Waals surface area contributed by atoms with Crippen molar-refractivity contribution < 1.29 is 18.9 Å². The highest BCUT2D eigenvalue weighted by molar-refractivity contribution is 5.66. The van der Waals surface area contributed by atoms with Gasteiger partial charge in [-0.2, -0.15) is 0 Å². The summed E-state index contributed by atoms with van der Waals surface area (Å²) in [5.74, 6) is 15.6. The predicted molar refractivity (Wildman–Crippen MR) is 388 cm³/mol. The summed E-state index contributed by atoms with van der Waals surface area (Å²) < 4.78 is 26.0. The molecule has 500 valence electrons. The van der Waals surface area contributed by atoms with Crippen molar-refractivity contribution >= 4 is 6.08 Å². The molecule has 88 heavy (non-hydrogen) atoms. The van der Waals surface area contributed by atoms with Gasteiger partial charge in [0.2, 0.25) is 0 Å². The largest absolute Gasteiger partial charge is 0.493 e. The Morgan fingerprint density at radius 1 is 0.261 bits per heavy atom. The van der Waals surface area contributed by atoms with Gasteiger partial charge < -0.3 is 18.9 Å². The average Bonchev–Trinajstić information content (AvgIpc) is 3.23. The fourth-order valence-electron chi connectivity index (χ4n) is 12.2. The summed E-state index contributed by atoms with van der Waals surface area (Å²) in [6, 6.07) is 8.05. The van der Waals surface area contributed by atoms with E-state index in [0.29, 0.717) is 32.2 Å². The molecule has 0 atom stereocenters. The van der Waals surface area contributed by atoms with Crippen LogP contribution in [0.3, 0.4) is 0 Å². The summed E-state index contributed by atoms with van der Waals surface area (Å²) in [6.45, 7) is 11.8. The Morgan fingerprint density at radius 2 is 0.466 bits per heavy atom. The van der Waals surface area contributed by atoms with Crippen molar-refractivity contribution in [2.24, 2.45) is 0 Å². The number of allylic oxidation sites excluding steroid dienone is 1. The Bertz CT molecular complexity index is 2040. The monoisotopic (exact) mass is 1210 g/mol. The predicted octanol–water partition coefficient (Wildman–Crippen LogP) is 27.2. The number of terminal acetylenes is 2. The Hall–Kier alpha value is -3.94. The first-order chi connectivity index (χ1) is 43.6. The van der Waals surface area contributed by atoms with Gasteiger partial charge in [-0.15, -0.1) is 12.8 Å². The Kier molecular flexibility index (Phi) is 57.6. The lowest BCUT2D eigenvalue weighted by Crippen LogP contribution is -2.03. The lowest BCUT2D eigenvalue weighted by molar-refractivity contribution is 0.295. The molecule has 0 unspecified atom stereocenters. The van der Waals surface area contributed by atoms with Crippen LogP contribution >= 0.6 is 0 Å². The van der Waals surface area contributed by atoms with Crippen molar-refractivity contribution in [2.75, 3.05) is 26.4 Å². The zero-order valence-corrected chi connectivity index (χ0v) is 58.7.